The largest absolute Gasteiger partial charge is 0.508 e. The van der Waals surface area contributed by atoms with Crippen molar-refractivity contribution in [3.8, 4) is 5.75 Å². The standard InChI is InChI=1S/C14H21NO3S/c1-11(2)9-10-15(12-3-4-12)19(17,18)14-7-5-13(16)6-8-14/h5-8,11-12,16H,3-4,9-10H2,1-2H3. The summed E-state index contributed by atoms with van der Waals surface area (Å²) in [6, 6.07) is 5.93. The van der Waals surface area contributed by atoms with Gasteiger partial charge in [-0.3, -0.25) is 0 Å². The first kappa shape index (κ1) is 14.3. The van der Waals surface area contributed by atoms with E-state index in [2.05, 4.69) is 13.8 Å². The lowest BCUT2D eigenvalue weighted by atomic mass is 10.1. The first-order valence-electron chi connectivity index (χ1n) is 6.72. The van der Waals surface area contributed by atoms with Gasteiger partial charge in [0, 0.05) is 12.6 Å². The molecule has 0 atom stereocenters. The first-order valence-corrected chi connectivity index (χ1v) is 8.16. The summed E-state index contributed by atoms with van der Waals surface area (Å²) in [7, 11) is -3.43. The Hall–Kier alpha value is -1.07. The highest BCUT2D eigenvalue weighted by molar-refractivity contribution is 7.89. The highest BCUT2D eigenvalue weighted by Crippen LogP contribution is 2.32. The van der Waals surface area contributed by atoms with Crippen LogP contribution in [0.3, 0.4) is 0 Å². The van der Waals surface area contributed by atoms with Gasteiger partial charge in [-0.2, -0.15) is 4.31 Å². The molecule has 2 rings (SSSR count). The molecule has 19 heavy (non-hydrogen) atoms. The molecule has 1 aliphatic carbocycles. The van der Waals surface area contributed by atoms with Crippen LogP contribution in [0.5, 0.6) is 5.75 Å². The molecule has 106 valence electrons. The first-order chi connectivity index (χ1) is 8.91. The summed E-state index contributed by atoms with van der Waals surface area (Å²) in [6.45, 7) is 4.77. The van der Waals surface area contributed by atoms with E-state index in [1.165, 1.54) is 24.3 Å². The van der Waals surface area contributed by atoms with Crippen molar-refractivity contribution in [2.24, 2.45) is 5.92 Å². The Kier molecular flexibility index (Phi) is 4.16. The Labute approximate surface area is 115 Å². The molecular formula is C14H21NO3S. The Morgan fingerprint density at radius 1 is 1.26 bits per heavy atom. The predicted molar refractivity (Wildman–Crippen MR) is 74.5 cm³/mol. The second-order valence-corrected chi connectivity index (χ2v) is 7.41. The summed E-state index contributed by atoms with van der Waals surface area (Å²) in [5.74, 6) is 0.565. The number of aromatic hydroxyl groups is 1. The molecule has 0 aliphatic heterocycles. The van der Waals surface area contributed by atoms with Crippen molar-refractivity contribution < 1.29 is 13.5 Å². The van der Waals surface area contributed by atoms with E-state index in [4.69, 9.17) is 0 Å². The molecular weight excluding hydrogens is 262 g/mol. The molecule has 1 aliphatic rings. The topological polar surface area (TPSA) is 57.6 Å². The van der Waals surface area contributed by atoms with Crippen LogP contribution in [0.15, 0.2) is 29.2 Å². The van der Waals surface area contributed by atoms with Gasteiger partial charge >= 0.3 is 0 Å². The number of benzene rings is 1. The third-order valence-electron chi connectivity index (χ3n) is 3.32. The van der Waals surface area contributed by atoms with Crippen LogP contribution in [0.25, 0.3) is 0 Å². The van der Waals surface area contributed by atoms with Gasteiger partial charge in [-0.05, 0) is 49.4 Å². The van der Waals surface area contributed by atoms with Crippen LogP contribution in [0.2, 0.25) is 0 Å². The summed E-state index contributed by atoms with van der Waals surface area (Å²) in [5.41, 5.74) is 0. The average molecular weight is 283 g/mol. The predicted octanol–water partition coefficient (Wildman–Crippen LogP) is 2.59. The maximum atomic E-state index is 12.6. The van der Waals surface area contributed by atoms with Crippen molar-refractivity contribution >= 4 is 10.0 Å². The monoisotopic (exact) mass is 283 g/mol. The van der Waals surface area contributed by atoms with Crippen LogP contribution in [0, 0.1) is 5.92 Å². The van der Waals surface area contributed by atoms with Crippen LogP contribution in [0.4, 0.5) is 0 Å². The molecule has 4 nitrogen and oxygen atoms in total. The number of phenolic OH excluding ortho intramolecular Hbond substituents is 1. The van der Waals surface area contributed by atoms with E-state index < -0.39 is 10.0 Å². The second kappa shape index (κ2) is 5.51. The van der Waals surface area contributed by atoms with Gasteiger partial charge < -0.3 is 5.11 Å². The van der Waals surface area contributed by atoms with Gasteiger partial charge in [0.1, 0.15) is 5.75 Å². The third kappa shape index (κ3) is 3.48. The fraction of sp³-hybridized carbons (Fsp3) is 0.571. The minimum Gasteiger partial charge on any atom is -0.508 e. The van der Waals surface area contributed by atoms with E-state index in [-0.39, 0.29) is 16.7 Å². The fourth-order valence-electron chi connectivity index (χ4n) is 2.00. The van der Waals surface area contributed by atoms with Crippen molar-refractivity contribution in [3.63, 3.8) is 0 Å². The summed E-state index contributed by atoms with van der Waals surface area (Å²) in [5, 5.41) is 9.25. The number of nitrogens with zero attached hydrogens (tertiary/aromatic N) is 1. The molecule has 1 N–H and O–H groups in total. The zero-order valence-corrected chi connectivity index (χ0v) is 12.2. The number of phenols is 1. The van der Waals surface area contributed by atoms with Crippen LogP contribution in [0.1, 0.15) is 33.1 Å². The zero-order valence-electron chi connectivity index (χ0n) is 11.4. The second-order valence-electron chi connectivity index (χ2n) is 5.52. The molecule has 0 saturated heterocycles. The molecule has 0 unspecified atom stereocenters. The zero-order chi connectivity index (χ0) is 14.0. The minimum atomic E-state index is -3.43. The highest BCUT2D eigenvalue weighted by atomic mass is 32.2. The normalized spacial score (nSPS) is 16.2. The molecule has 0 heterocycles. The molecule has 0 bridgehead atoms. The number of hydrogen-bond donors (Lipinski definition) is 1. The van der Waals surface area contributed by atoms with E-state index >= 15 is 0 Å². The number of sulfonamides is 1. The lowest BCUT2D eigenvalue weighted by molar-refractivity contribution is 0.373. The Bertz CT molecular complexity index is 518. The maximum Gasteiger partial charge on any atom is 0.243 e. The van der Waals surface area contributed by atoms with Gasteiger partial charge in [0.15, 0.2) is 0 Å². The quantitative estimate of drug-likeness (QED) is 0.873. The van der Waals surface area contributed by atoms with E-state index in [1.54, 1.807) is 4.31 Å². The molecule has 1 saturated carbocycles. The van der Waals surface area contributed by atoms with Crippen molar-refractivity contribution in [2.75, 3.05) is 6.54 Å². The van der Waals surface area contributed by atoms with E-state index in [0.29, 0.717) is 12.5 Å². The Morgan fingerprint density at radius 3 is 2.32 bits per heavy atom. The smallest absolute Gasteiger partial charge is 0.243 e. The highest BCUT2D eigenvalue weighted by Gasteiger charge is 2.37. The van der Waals surface area contributed by atoms with Crippen LogP contribution in [-0.4, -0.2) is 30.4 Å². The lowest BCUT2D eigenvalue weighted by Gasteiger charge is -2.22. The molecule has 0 spiro atoms. The summed E-state index contributed by atoms with van der Waals surface area (Å²) >= 11 is 0. The number of rotatable bonds is 6. The summed E-state index contributed by atoms with van der Waals surface area (Å²) in [6.07, 6.45) is 2.78. The van der Waals surface area contributed by atoms with Crippen molar-refractivity contribution in [1.82, 2.24) is 4.31 Å². The van der Waals surface area contributed by atoms with Gasteiger partial charge in [-0.15, -0.1) is 0 Å². The molecule has 0 aromatic heterocycles. The molecule has 1 fully saturated rings. The summed E-state index contributed by atoms with van der Waals surface area (Å²) in [4.78, 5) is 0.265. The molecule has 1 aromatic carbocycles. The van der Waals surface area contributed by atoms with E-state index in [9.17, 15) is 13.5 Å². The van der Waals surface area contributed by atoms with Gasteiger partial charge in [0.05, 0.1) is 4.90 Å². The fourth-order valence-corrected chi connectivity index (χ4v) is 3.70. The van der Waals surface area contributed by atoms with Crippen LogP contribution in [-0.2, 0) is 10.0 Å². The van der Waals surface area contributed by atoms with E-state index in [1.807, 2.05) is 0 Å². The lowest BCUT2D eigenvalue weighted by Crippen LogP contribution is -2.34. The Morgan fingerprint density at radius 2 is 1.84 bits per heavy atom. The third-order valence-corrected chi connectivity index (χ3v) is 5.29. The maximum absolute atomic E-state index is 12.6. The van der Waals surface area contributed by atoms with E-state index in [0.717, 1.165) is 19.3 Å². The average Bonchev–Trinajstić information content (AvgIpc) is 3.13. The van der Waals surface area contributed by atoms with Crippen molar-refractivity contribution in [1.29, 1.82) is 0 Å². The van der Waals surface area contributed by atoms with Crippen molar-refractivity contribution in [2.45, 2.75) is 44.0 Å². The molecule has 1 aromatic rings. The number of hydrogen-bond acceptors (Lipinski definition) is 3. The van der Waals surface area contributed by atoms with Crippen LogP contribution < -0.4 is 0 Å². The SMILES string of the molecule is CC(C)CCN(C1CC1)S(=O)(=O)c1ccc(O)cc1. The van der Waals surface area contributed by atoms with Gasteiger partial charge in [0.25, 0.3) is 0 Å². The summed E-state index contributed by atoms with van der Waals surface area (Å²) < 4.78 is 26.8. The molecule has 0 amide bonds. The van der Waals surface area contributed by atoms with Gasteiger partial charge in [0.2, 0.25) is 10.0 Å². The van der Waals surface area contributed by atoms with Gasteiger partial charge in [-0.1, -0.05) is 13.8 Å². The van der Waals surface area contributed by atoms with Crippen molar-refractivity contribution in [3.05, 3.63) is 24.3 Å². The molecule has 0 radical (unpaired) electrons. The van der Waals surface area contributed by atoms with Gasteiger partial charge in [-0.25, -0.2) is 8.42 Å². The van der Waals surface area contributed by atoms with Crippen LogP contribution >= 0.6 is 0 Å². The minimum absolute atomic E-state index is 0.0825. The Balaban J connectivity index is 2.21. The molecule has 5 heteroatoms.